The fourth-order valence-electron chi connectivity index (χ4n) is 10.8. The van der Waals surface area contributed by atoms with Crippen LogP contribution < -0.4 is 0 Å². The zero-order valence-corrected chi connectivity index (χ0v) is 38.9. The predicted octanol–water partition coefficient (Wildman–Crippen LogP) is 16.9. The Balaban J connectivity index is 1.08. The van der Waals surface area contributed by atoms with E-state index < -0.39 is 0 Å². The molecular formula is C62H36N6S2. The largest absolute Gasteiger partial charge is 0.308 e. The second-order valence-electron chi connectivity index (χ2n) is 17.7. The van der Waals surface area contributed by atoms with Gasteiger partial charge in [0.05, 0.1) is 39.1 Å². The molecule has 15 rings (SSSR count). The maximum Gasteiger partial charge on any atom is 0.164 e. The average molecular weight is 929 g/mol. The number of fused-ring (bicyclic) bond motifs is 14. The summed E-state index contributed by atoms with van der Waals surface area (Å²) < 4.78 is 9.98. The minimum absolute atomic E-state index is 0.558. The van der Waals surface area contributed by atoms with E-state index in [0.717, 1.165) is 61.4 Å². The number of hydrogen-bond donors (Lipinski definition) is 0. The van der Waals surface area contributed by atoms with Crippen LogP contribution in [0.25, 0.3) is 141 Å². The molecule has 0 saturated carbocycles. The molecule has 6 aromatic heterocycles. The fraction of sp³-hybridized carbons (Fsp3) is 0. The molecule has 0 radical (unpaired) electrons. The first-order valence-electron chi connectivity index (χ1n) is 23.4. The Morgan fingerprint density at radius 1 is 0.329 bits per heavy atom. The van der Waals surface area contributed by atoms with Crippen LogP contribution in [0, 0.1) is 0 Å². The quantitative estimate of drug-likeness (QED) is 0.167. The minimum Gasteiger partial charge on any atom is -0.308 e. The van der Waals surface area contributed by atoms with Crippen molar-refractivity contribution in [3.8, 4) is 56.8 Å². The normalized spacial score (nSPS) is 12.0. The number of hydrogen-bond acceptors (Lipinski definition) is 6. The van der Waals surface area contributed by atoms with Gasteiger partial charge in [0.1, 0.15) is 0 Å². The predicted molar refractivity (Wildman–Crippen MR) is 294 cm³/mol. The maximum atomic E-state index is 5.47. The van der Waals surface area contributed by atoms with Gasteiger partial charge < -0.3 is 9.13 Å². The Kier molecular flexibility index (Phi) is 8.60. The van der Waals surface area contributed by atoms with E-state index in [9.17, 15) is 0 Å². The van der Waals surface area contributed by atoms with Crippen molar-refractivity contribution >= 4 is 107 Å². The van der Waals surface area contributed by atoms with Gasteiger partial charge in [0, 0.05) is 90.3 Å². The van der Waals surface area contributed by atoms with Crippen LogP contribution in [0.3, 0.4) is 0 Å². The summed E-state index contributed by atoms with van der Waals surface area (Å²) in [5.41, 5.74) is 10.8. The molecule has 9 aromatic carbocycles. The fourth-order valence-corrected chi connectivity index (χ4v) is 13.4. The Labute approximate surface area is 408 Å². The van der Waals surface area contributed by atoms with Gasteiger partial charge in [0.2, 0.25) is 0 Å². The molecule has 0 aliphatic rings. The molecular weight excluding hydrogens is 893 g/mol. The van der Waals surface area contributed by atoms with Crippen molar-refractivity contribution in [2.75, 3.05) is 0 Å². The lowest BCUT2D eigenvalue weighted by Crippen LogP contribution is -2.06. The summed E-state index contributed by atoms with van der Waals surface area (Å²) in [6, 6.07) is 75.5. The molecule has 0 aliphatic carbocycles. The van der Waals surface area contributed by atoms with E-state index in [2.05, 4.69) is 185 Å². The minimum atomic E-state index is 0.558. The first-order chi connectivity index (χ1) is 34.7. The highest BCUT2D eigenvalue weighted by Crippen LogP contribution is 2.48. The third-order valence-electron chi connectivity index (χ3n) is 13.8. The summed E-state index contributed by atoms with van der Waals surface area (Å²) in [6.07, 6.45) is 1.92. The molecule has 6 heterocycles. The van der Waals surface area contributed by atoms with Crippen LogP contribution >= 0.6 is 22.7 Å². The van der Waals surface area contributed by atoms with Gasteiger partial charge >= 0.3 is 0 Å². The van der Waals surface area contributed by atoms with Crippen LogP contribution in [0.1, 0.15) is 0 Å². The summed E-state index contributed by atoms with van der Waals surface area (Å²) in [5.74, 6) is 1.75. The topological polar surface area (TPSA) is 61.4 Å². The van der Waals surface area contributed by atoms with Crippen LogP contribution in [0.4, 0.5) is 0 Å². The van der Waals surface area contributed by atoms with Crippen LogP contribution in [-0.4, -0.2) is 29.1 Å². The number of rotatable bonds is 6. The molecule has 0 atom stereocenters. The third-order valence-corrected chi connectivity index (χ3v) is 16.3. The molecule has 8 heteroatoms. The van der Waals surface area contributed by atoms with Gasteiger partial charge in [0.15, 0.2) is 17.5 Å². The SMILES string of the molecule is c1ccc(-c2nc(-c3ccccc3)nc(-c3cccc(-n4c5ccccc5c5c6sc7ccccc7c6ccc54)c3-c3ncccc3-n3c4ccccc4c4c5sc6ccccc6c5ccc43)n2)cc1. The summed E-state index contributed by atoms with van der Waals surface area (Å²) in [4.78, 5) is 21.4. The van der Waals surface area contributed by atoms with Crippen LogP contribution in [-0.2, 0) is 0 Å². The molecule has 70 heavy (non-hydrogen) atoms. The molecule has 6 nitrogen and oxygen atoms in total. The Morgan fingerprint density at radius 3 is 1.37 bits per heavy atom. The number of aromatic nitrogens is 6. The molecule has 0 unspecified atom stereocenters. The molecule has 0 aliphatic heterocycles. The number of pyridine rings is 1. The highest BCUT2D eigenvalue weighted by Gasteiger charge is 2.27. The van der Waals surface area contributed by atoms with Crippen molar-refractivity contribution in [2.24, 2.45) is 0 Å². The van der Waals surface area contributed by atoms with Crippen LogP contribution in [0.2, 0.25) is 0 Å². The van der Waals surface area contributed by atoms with Gasteiger partial charge in [-0.05, 0) is 54.6 Å². The molecule has 0 fully saturated rings. The van der Waals surface area contributed by atoms with Gasteiger partial charge in [0.25, 0.3) is 0 Å². The lowest BCUT2D eigenvalue weighted by molar-refractivity contribution is 1.07. The monoisotopic (exact) mass is 928 g/mol. The maximum absolute atomic E-state index is 5.47. The zero-order chi connectivity index (χ0) is 45.9. The molecule has 0 amide bonds. The zero-order valence-electron chi connectivity index (χ0n) is 37.3. The van der Waals surface area contributed by atoms with E-state index in [0.29, 0.717) is 17.5 Å². The molecule has 0 bridgehead atoms. The van der Waals surface area contributed by atoms with Crippen molar-refractivity contribution in [3.63, 3.8) is 0 Å². The molecule has 326 valence electrons. The van der Waals surface area contributed by atoms with Gasteiger partial charge in [-0.15, -0.1) is 22.7 Å². The number of para-hydroxylation sites is 2. The highest BCUT2D eigenvalue weighted by atomic mass is 32.1. The van der Waals surface area contributed by atoms with Crippen molar-refractivity contribution in [1.29, 1.82) is 0 Å². The van der Waals surface area contributed by atoms with Gasteiger partial charge in [-0.2, -0.15) is 0 Å². The van der Waals surface area contributed by atoms with Crippen molar-refractivity contribution in [3.05, 3.63) is 219 Å². The Morgan fingerprint density at radius 2 is 0.800 bits per heavy atom. The molecule has 15 aromatic rings. The van der Waals surface area contributed by atoms with Crippen molar-refractivity contribution in [2.45, 2.75) is 0 Å². The number of nitrogens with zero attached hydrogens (tertiary/aromatic N) is 6. The Bertz CT molecular complexity index is 4540. The number of thiophene rings is 2. The van der Waals surface area contributed by atoms with Gasteiger partial charge in [-0.1, -0.05) is 158 Å². The second-order valence-corrected chi connectivity index (χ2v) is 19.8. The molecule has 0 saturated heterocycles. The second kappa shape index (κ2) is 15.3. The van der Waals surface area contributed by atoms with E-state index in [1.807, 2.05) is 65.3 Å². The lowest BCUT2D eigenvalue weighted by atomic mass is 9.98. The lowest BCUT2D eigenvalue weighted by Gasteiger charge is -2.20. The Hall–Kier alpha value is -8.82. The average Bonchev–Trinajstić information content (AvgIpc) is 4.19. The summed E-state index contributed by atoms with van der Waals surface area (Å²) in [6.45, 7) is 0. The van der Waals surface area contributed by atoms with Crippen molar-refractivity contribution in [1.82, 2.24) is 29.1 Å². The molecule has 0 spiro atoms. The van der Waals surface area contributed by atoms with Crippen LogP contribution in [0.15, 0.2) is 219 Å². The van der Waals surface area contributed by atoms with E-state index in [1.165, 1.54) is 61.9 Å². The first kappa shape index (κ1) is 39.2. The summed E-state index contributed by atoms with van der Waals surface area (Å²) in [5, 5.41) is 9.97. The highest BCUT2D eigenvalue weighted by molar-refractivity contribution is 7.27. The number of benzene rings is 9. The van der Waals surface area contributed by atoms with E-state index in [1.54, 1.807) is 0 Å². The summed E-state index contributed by atoms with van der Waals surface area (Å²) >= 11 is 3.73. The smallest absolute Gasteiger partial charge is 0.164 e. The van der Waals surface area contributed by atoms with Gasteiger partial charge in [-0.25, -0.2) is 15.0 Å². The standard InChI is InChI=1S/C62H36N6S2/c1-3-17-37(18-4-1)60-64-61(38-19-5-2-6-20-38)66-62(65-60)45-25-15-28-48(67-46-26-11-7-23-43(46)55-49(67)34-32-41-39-21-9-13-30-52(39)69-58(41)55)54(45)57-51(29-16-36-63-57)68-47-27-12-8-24-44(47)56-50(68)35-33-42-40-22-10-14-31-53(40)70-59(42)56/h1-36H. The van der Waals surface area contributed by atoms with E-state index in [4.69, 9.17) is 19.9 Å². The van der Waals surface area contributed by atoms with E-state index >= 15 is 0 Å². The van der Waals surface area contributed by atoms with Crippen LogP contribution in [0.5, 0.6) is 0 Å². The first-order valence-corrected chi connectivity index (χ1v) is 25.0. The molecule has 0 N–H and O–H groups in total. The van der Waals surface area contributed by atoms with E-state index in [-0.39, 0.29) is 0 Å². The van der Waals surface area contributed by atoms with Crippen molar-refractivity contribution < 1.29 is 0 Å². The summed E-state index contributed by atoms with van der Waals surface area (Å²) in [7, 11) is 0. The third kappa shape index (κ3) is 5.78. The van der Waals surface area contributed by atoms with Gasteiger partial charge in [-0.3, -0.25) is 4.98 Å².